The minimum absolute atomic E-state index is 0.0949. The molecule has 5 rings (SSSR count). The molecule has 0 heterocycles. The van der Waals surface area contributed by atoms with Gasteiger partial charge in [-0.2, -0.15) is 5.26 Å². The zero-order valence-corrected chi connectivity index (χ0v) is 24.5. The number of hydrogen-bond acceptors (Lipinski definition) is 10. The van der Waals surface area contributed by atoms with Crippen LogP contribution >= 0.6 is 0 Å². The molecule has 224 valence electrons. The number of benzene rings is 1. The van der Waals surface area contributed by atoms with Crippen molar-refractivity contribution < 1.29 is 29.1 Å². The van der Waals surface area contributed by atoms with Crippen LogP contribution < -0.4 is 17.2 Å². The topological polar surface area (TPSA) is 211 Å². The van der Waals surface area contributed by atoms with Gasteiger partial charge in [0.1, 0.15) is 11.7 Å². The molecular weight excluding hydrogens is 550 g/mol. The molecule has 0 bridgehead atoms. The van der Waals surface area contributed by atoms with Crippen LogP contribution in [-0.2, 0) is 32.0 Å². The summed E-state index contributed by atoms with van der Waals surface area (Å²) in [6.07, 6.45) is 5.79. The predicted octanol–water partition coefficient (Wildman–Crippen LogP) is 0.223. The molecule has 0 radical (unpaired) electrons. The standard InChI is InChI=1S/C32H35N5O6/c1-4-17-12-18(11-10-16-8-6-5-7-9-16)23(38)20-19(17)13-30(35)14-32(36)26(37(2)3)25(40)21(29(34)43)27(41)31(32,15-33)28(42)22(30)24(20)39/h8,12,21-22,26,38H,4-7,9,13-14,35-36H2,1-3H3,(H2,34,43)/t21?,22?,26-,30-,31+,32-/m1/s1. The Morgan fingerprint density at radius 1 is 1.14 bits per heavy atom. The van der Waals surface area contributed by atoms with Crippen LogP contribution in [0.2, 0.25) is 0 Å². The lowest BCUT2D eigenvalue weighted by Gasteiger charge is -2.60. The molecule has 1 amide bonds. The summed E-state index contributed by atoms with van der Waals surface area (Å²) in [7, 11) is 2.93. The molecule has 11 heteroatoms. The zero-order valence-electron chi connectivity index (χ0n) is 24.5. The third-order valence-corrected chi connectivity index (χ3v) is 9.71. The van der Waals surface area contributed by atoms with Crippen molar-refractivity contribution in [3.63, 3.8) is 0 Å². The lowest BCUT2D eigenvalue weighted by Crippen LogP contribution is -2.85. The summed E-state index contributed by atoms with van der Waals surface area (Å²) in [5, 5.41) is 21.9. The Hall–Kier alpha value is -4.16. The van der Waals surface area contributed by atoms with Crippen molar-refractivity contribution in [2.75, 3.05) is 14.1 Å². The molecule has 2 unspecified atom stereocenters. The van der Waals surface area contributed by atoms with Crippen molar-refractivity contribution in [3.8, 4) is 23.7 Å². The van der Waals surface area contributed by atoms with Gasteiger partial charge in [-0.05, 0) is 81.8 Å². The van der Waals surface area contributed by atoms with E-state index in [4.69, 9.17) is 17.2 Å². The van der Waals surface area contributed by atoms with E-state index in [-0.39, 0.29) is 17.5 Å². The van der Waals surface area contributed by atoms with Gasteiger partial charge in [0.25, 0.3) is 0 Å². The Morgan fingerprint density at radius 2 is 1.84 bits per heavy atom. The largest absolute Gasteiger partial charge is 0.506 e. The summed E-state index contributed by atoms with van der Waals surface area (Å²) in [5.41, 5.74) is 14.7. The van der Waals surface area contributed by atoms with Gasteiger partial charge in [-0.15, -0.1) is 0 Å². The van der Waals surface area contributed by atoms with E-state index in [9.17, 15) is 34.3 Å². The summed E-state index contributed by atoms with van der Waals surface area (Å²) < 4.78 is 0. The number of carbonyl (C=O) groups excluding carboxylic acids is 5. The van der Waals surface area contributed by atoms with Crippen LogP contribution in [0.25, 0.3) is 0 Å². The summed E-state index contributed by atoms with van der Waals surface area (Å²) in [4.78, 5) is 69.8. The number of aromatic hydroxyl groups is 1. The number of phenols is 1. The molecule has 6 atom stereocenters. The minimum Gasteiger partial charge on any atom is -0.506 e. The summed E-state index contributed by atoms with van der Waals surface area (Å²) in [5.74, 6) is -3.87. The van der Waals surface area contributed by atoms with E-state index in [0.29, 0.717) is 17.5 Å². The lowest BCUT2D eigenvalue weighted by molar-refractivity contribution is -0.166. The predicted molar refractivity (Wildman–Crippen MR) is 154 cm³/mol. The third kappa shape index (κ3) is 4.03. The number of aryl methyl sites for hydroxylation is 1. The molecule has 0 aromatic heterocycles. The highest BCUT2D eigenvalue weighted by Gasteiger charge is 2.78. The van der Waals surface area contributed by atoms with E-state index in [0.717, 1.165) is 31.3 Å². The molecule has 1 aromatic rings. The molecule has 0 spiro atoms. The molecule has 2 fully saturated rings. The highest BCUT2D eigenvalue weighted by molar-refractivity contribution is 6.33. The first-order chi connectivity index (χ1) is 20.2. The summed E-state index contributed by atoms with van der Waals surface area (Å²) in [6.45, 7) is 1.87. The highest BCUT2D eigenvalue weighted by Crippen LogP contribution is 2.56. The second kappa shape index (κ2) is 10.2. The average molecular weight is 586 g/mol. The van der Waals surface area contributed by atoms with Crippen molar-refractivity contribution in [1.82, 2.24) is 4.90 Å². The highest BCUT2D eigenvalue weighted by atomic mass is 16.3. The van der Waals surface area contributed by atoms with Gasteiger partial charge in [0, 0.05) is 5.54 Å². The van der Waals surface area contributed by atoms with E-state index in [2.05, 4.69) is 11.8 Å². The quantitative estimate of drug-likeness (QED) is 0.280. The van der Waals surface area contributed by atoms with Crippen molar-refractivity contribution in [2.45, 2.75) is 69.0 Å². The number of fused-ring (bicyclic) bond motifs is 3. The fraction of sp³-hybridized carbons (Fsp3) is 0.500. The van der Waals surface area contributed by atoms with Crippen LogP contribution in [0.15, 0.2) is 17.7 Å². The van der Waals surface area contributed by atoms with Crippen LogP contribution in [0.4, 0.5) is 0 Å². The number of amides is 1. The fourth-order valence-electron chi connectivity index (χ4n) is 7.86. The Bertz CT molecular complexity index is 1640. The molecule has 4 aliphatic rings. The van der Waals surface area contributed by atoms with E-state index in [1.807, 2.05) is 13.0 Å². The Balaban J connectivity index is 1.72. The average Bonchev–Trinajstić information content (AvgIpc) is 2.92. The lowest BCUT2D eigenvalue weighted by atomic mass is 9.42. The van der Waals surface area contributed by atoms with Crippen molar-refractivity contribution in [3.05, 3.63) is 40.0 Å². The monoisotopic (exact) mass is 585 g/mol. The van der Waals surface area contributed by atoms with Crippen LogP contribution in [0.3, 0.4) is 0 Å². The van der Waals surface area contributed by atoms with Gasteiger partial charge in [-0.3, -0.25) is 28.9 Å². The van der Waals surface area contributed by atoms with E-state index < -0.39 is 75.6 Å². The van der Waals surface area contributed by atoms with Crippen LogP contribution in [0, 0.1) is 40.4 Å². The number of allylic oxidation sites excluding steroid dienone is 2. The first kappa shape index (κ1) is 30.3. The number of primary amides is 1. The fourth-order valence-corrected chi connectivity index (χ4v) is 7.86. The van der Waals surface area contributed by atoms with Crippen LogP contribution in [0.5, 0.6) is 5.75 Å². The van der Waals surface area contributed by atoms with Crippen molar-refractivity contribution in [1.29, 1.82) is 5.26 Å². The summed E-state index contributed by atoms with van der Waals surface area (Å²) >= 11 is 0. The third-order valence-electron chi connectivity index (χ3n) is 9.71. The number of carbonyl (C=O) groups is 5. The van der Waals surface area contributed by atoms with E-state index >= 15 is 0 Å². The van der Waals surface area contributed by atoms with Gasteiger partial charge >= 0.3 is 0 Å². The van der Waals surface area contributed by atoms with Gasteiger partial charge in [-0.25, -0.2) is 0 Å². The van der Waals surface area contributed by atoms with Crippen molar-refractivity contribution >= 4 is 29.0 Å². The second-order valence-electron chi connectivity index (χ2n) is 12.5. The van der Waals surface area contributed by atoms with Crippen molar-refractivity contribution in [2.24, 2.45) is 34.5 Å². The second-order valence-corrected chi connectivity index (χ2v) is 12.5. The van der Waals surface area contributed by atoms with E-state index in [1.165, 1.54) is 19.0 Å². The smallest absolute Gasteiger partial charge is 0.235 e. The number of Topliss-reactive ketones (excluding diaryl/α,β-unsaturated/α-hetero) is 4. The van der Waals surface area contributed by atoms with Gasteiger partial charge in [-0.1, -0.05) is 24.8 Å². The number of nitriles is 1. The Labute approximate surface area is 249 Å². The molecule has 0 saturated heterocycles. The zero-order chi connectivity index (χ0) is 31.6. The Kier molecular flexibility index (Phi) is 7.21. The number of nitrogens with two attached hydrogens (primary N) is 3. The van der Waals surface area contributed by atoms with Gasteiger partial charge in [0.05, 0.1) is 28.8 Å². The maximum Gasteiger partial charge on any atom is 0.235 e. The molecule has 1 aromatic carbocycles. The number of rotatable bonds is 3. The first-order valence-corrected chi connectivity index (χ1v) is 14.4. The summed E-state index contributed by atoms with van der Waals surface area (Å²) in [6, 6.07) is 1.98. The maximum absolute atomic E-state index is 14.5. The SMILES string of the molecule is CCc1cc(C#CC2=CCCCC2)c(O)c2c1C[C@@]1(N)C[C@@]3(N)[C@H](N(C)C)C(=O)C(C(N)=O)C(=O)[C@@]3(C#N)C(=O)C1C2=O. The normalized spacial score (nSPS) is 33.4. The van der Waals surface area contributed by atoms with Gasteiger partial charge in [0.2, 0.25) is 5.91 Å². The van der Waals surface area contributed by atoms with Gasteiger partial charge in [0.15, 0.2) is 34.5 Å². The molecule has 43 heavy (non-hydrogen) atoms. The minimum atomic E-state index is -2.77. The number of phenolic OH excluding ortho intramolecular Hbond substituents is 1. The molecule has 4 aliphatic carbocycles. The van der Waals surface area contributed by atoms with Gasteiger partial charge < -0.3 is 22.3 Å². The Morgan fingerprint density at radius 3 is 2.40 bits per heavy atom. The molecule has 2 saturated carbocycles. The van der Waals surface area contributed by atoms with Crippen LogP contribution in [-0.4, -0.2) is 70.3 Å². The maximum atomic E-state index is 14.5. The number of nitrogens with zero attached hydrogens (tertiary/aromatic N) is 2. The number of ketones is 4. The van der Waals surface area contributed by atoms with E-state index in [1.54, 1.807) is 12.1 Å². The van der Waals surface area contributed by atoms with Crippen LogP contribution in [0.1, 0.15) is 66.1 Å². The molecule has 11 nitrogen and oxygen atoms in total. The molecule has 0 aliphatic heterocycles. The molecular formula is C32H35N5O6. The first-order valence-electron chi connectivity index (χ1n) is 14.4. The number of hydrogen-bond donors (Lipinski definition) is 4. The molecule has 7 N–H and O–H groups in total. The number of likely N-dealkylation sites (N-methyl/N-ethyl adjacent to an activating group) is 1.